The molecule has 1 aromatic rings. The van der Waals surface area contributed by atoms with E-state index in [-0.39, 0.29) is 11.9 Å². The van der Waals surface area contributed by atoms with Gasteiger partial charge in [0.25, 0.3) is 0 Å². The van der Waals surface area contributed by atoms with Crippen molar-refractivity contribution in [3.63, 3.8) is 0 Å². The van der Waals surface area contributed by atoms with Crippen molar-refractivity contribution in [3.8, 4) is 0 Å². The molecule has 1 nitrogen and oxygen atoms in total. The zero-order valence-corrected chi connectivity index (χ0v) is 11.0. The minimum Gasteiger partial charge on any atom is -0.328 e. The van der Waals surface area contributed by atoms with Crippen LogP contribution >= 0.6 is 11.8 Å². The Balaban J connectivity index is 2.88. The molecule has 0 amide bonds. The van der Waals surface area contributed by atoms with Crippen molar-refractivity contribution in [2.75, 3.05) is 0 Å². The van der Waals surface area contributed by atoms with Gasteiger partial charge in [-0.3, -0.25) is 0 Å². The van der Waals surface area contributed by atoms with Gasteiger partial charge in [-0.25, -0.2) is 4.39 Å². The topological polar surface area (TPSA) is 26.0 Å². The maximum absolute atomic E-state index is 13.2. The molecule has 0 bridgehead atoms. The van der Waals surface area contributed by atoms with Crippen LogP contribution in [-0.2, 0) is 6.42 Å². The van der Waals surface area contributed by atoms with Crippen LogP contribution < -0.4 is 5.73 Å². The van der Waals surface area contributed by atoms with Gasteiger partial charge >= 0.3 is 0 Å². The Hall–Kier alpha value is -0.540. The Bertz CT molecular complexity index is 339. The third-order valence-corrected chi connectivity index (χ3v) is 3.86. The SMILES string of the molecule is CCC(C)Sc1ccc(F)cc1CC(C)N. The van der Waals surface area contributed by atoms with Gasteiger partial charge in [-0.2, -0.15) is 0 Å². The van der Waals surface area contributed by atoms with Gasteiger partial charge in [0.05, 0.1) is 0 Å². The Morgan fingerprint density at radius 2 is 2.06 bits per heavy atom. The number of rotatable bonds is 5. The van der Waals surface area contributed by atoms with Crippen LogP contribution in [0.4, 0.5) is 4.39 Å². The second-order valence-electron chi connectivity index (χ2n) is 4.27. The van der Waals surface area contributed by atoms with E-state index in [1.165, 1.54) is 6.07 Å². The van der Waals surface area contributed by atoms with Crippen LogP contribution in [0.2, 0.25) is 0 Å². The smallest absolute Gasteiger partial charge is 0.123 e. The van der Waals surface area contributed by atoms with E-state index in [0.717, 1.165) is 23.3 Å². The van der Waals surface area contributed by atoms with Crippen molar-refractivity contribution in [1.29, 1.82) is 0 Å². The molecular weight excluding hydrogens is 221 g/mol. The number of thioether (sulfide) groups is 1. The van der Waals surface area contributed by atoms with Crippen molar-refractivity contribution in [2.45, 2.75) is 49.8 Å². The van der Waals surface area contributed by atoms with Gasteiger partial charge in [-0.15, -0.1) is 11.8 Å². The number of hydrogen-bond acceptors (Lipinski definition) is 2. The highest BCUT2D eigenvalue weighted by molar-refractivity contribution is 8.00. The molecule has 0 radical (unpaired) electrons. The van der Waals surface area contributed by atoms with Crippen LogP contribution in [0, 0.1) is 5.82 Å². The normalized spacial score (nSPS) is 14.8. The van der Waals surface area contributed by atoms with Crippen LogP contribution in [-0.4, -0.2) is 11.3 Å². The van der Waals surface area contributed by atoms with Gasteiger partial charge in [-0.05, 0) is 43.5 Å². The summed E-state index contributed by atoms with van der Waals surface area (Å²) in [5.41, 5.74) is 6.80. The van der Waals surface area contributed by atoms with E-state index in [2.05, 4.69) is 13.8 Å². The summed E-state index contributed by atoms with van der Waals surface area (Å²) < 4.78 is 13.2. The van der Waals surface area contributed by atoms with E-state index in [0.29, 0.717) is 5.25 Å². The third kappa shape index (κ3) is 4.14. The maximum Gasteiger partial charge on any atom is 0.123 e. The molecule has 1 rings (SSSR count). The fourth-order valence-corrected chi connectivity index (χ4v) is 2.51. The first-order chi connectivity index (χ1) is 7.52. The number of benzene rings is 1. The van der Waals surface area contributed by atoms with Crippen LogP contribution in [0.15, 0.2) is 23.1 Å². The molecule has 0 fully saturated rings. The van der Waals surface area contributed by atoms with Crippen LogP contribution in [0.5, 0.6) is 0 Å². The predicted octanol–water partition coefficient (Wildman–Crippen LogP) is 3.61. The minimum absolute atomic E-state index is 0.0677. The zero-order chi connectivity index (χ0) is 12.1. The summed E-state index contributed by atoms with van der Waals surface area (Å²) in [4.78, 5) is 1.16. The van der Waals surface area contributed by atoms with Gasteiger partial charge in [0, 0.05) is 16.2 Å². The van der Waals surface area contributed by atoms with Gasteiger partial charge < -0.3 is 5.73 Å². The molecule has 90 valence electrons. The van der Waals surface area contributed by atoms with Gasteiger partial charge in [0.1, 0.15) is 5.82 Å². The van der Waals surface area contributed by atoms with Crippen molar-refractivity contribution in [1.82, 2.24) is 0 Å². The average molecular weight is 241 g/mol. The van der Waals surface area contributed by atoms with Gasteiger partial charge in [0.15, 0.2) is 0 Å². The summed E-state index contributed by atoms with van der Waals surface area (Å²) in [6, 6.07) is 5.06. The van der Waals surface area contributed by atoms with E-state index in [9.17, 15) is 4.39 Å². The highest BCUT2D eigenvalue weighted by atomic mass is 32.2. The summed E-state index contributed by atoms with van der Waals surface area (Å²) in [6.45, 7) is 6.29. The number of hydrogen-bond donors (Lipinski definition) is 1. The molecule has 1 aromatic carbocycles. The fraction of sp³-hybridized carbons (Fsp3) is 0.538. The summed E-state index contributed by atoms with van der Waals surface area (Å²) >= 11 is 1.80. The fourth-order valence-electron chi connectivity index (χ4n) is 1.47. The second-order valence-corrected chi connectivity index (χ2v) is 5.75. The van der Waals surface area contributed by atoms with Gasteiger partial charge in [0.2, 0.25) is 0 Å². The van der Waals surface area contributed by atoms with Crippen LogP contribution in [0.1, 0.15) is 32.8 Å². The lowest BCUT2D eigenvalue weighted by Crippen LogP contribution is -2.18. The average Bonchev–Trinajstić information content (AvgIpc) is 2.21. The highest BCUT2D eigenvalue weighted by Gasteiger charge is 2.09. The Morgan fingerprint density at radius 1 is 1.38 bits per heavy atom. The molecule has 0 aliphatic carbocycles. The molecule has 0 aliphatic rings. The van der Waals surface area contributed by atoms with E-state index < -0.39 is 0 Å². The molecule has 2 N–H and O–H groups in total. The standard InChI is InChI=1S/C13H20FNS/c1-4-10(3)16-13-6-5-12(14)8-11(13)7-9(2)15/h5-6,8-10H,4,7,15H2,1-3H3. The third-order valence-electron chi connectivity index (χ3n) is 2.47. The second kappa shape index (κ2) is 6.26. The molecule has 2 unspecified atom stereocenters. The van der Waals surface area contributed by atoms with E-state index in [4.69, 9.17) is 5.73 Å². The molecule has 0 saturated carbocycles. The Morgan fingerprint density at radius 3 is 2.62 bits per heavy atom. The van der Waals surface area contributed by atoms with Crippen molar-refractivity contribution >= 4 is 11.8 Å². The summed E-state index contributed by atoms with van der Waals surface area (Å²) in [6.07, 6.45) is 1.84. The summed E-state index contributed by atoms with van der Waals surface area (Å²) in [5, 5.41) is 0.553. The Kier molecular flexibility index (Phi) is 5.29. The molecule has 0 heterocycles. The summed E-state index contributed by atoms with van der Waals surface area (Å²) in [5.74, 6) is -0.177. The first-order valence-corrected chi connectivity index (χ1v) is 6.61. The quantitative estimate of drug-likeness (QED) is 0.797. The number of nitrogens with two attached hydrogens (primary N) is 1. The van der Waals surface area contributed by atoms with Crippen LogP contribution in [0.25, 0.3) is 0 Å². The summed E-state index contributed by atoms with van der Waals surface area (Å²) in [7, 11) is 0. The first kappa shape index (κ1) is 13.5. The molecule has 3 heteroatoms. The lowest BCUT2D eigenvalue weighted by Gasteiger charge is -2.14. The highest BCUT2D eigenvalue weighted by Crippen LogP contribution is 2.29. The number of halogens is 1. The first-order valence-electron chi connectivity index (χ1n) is 5.73. The molecule has 16 heavy (non-hydrogen) atoms. The van der Waals surface area contributed by atoms with Crippen molar-refractivity contribution in [2.24, 2.45) is 5.73 Å². The zero-order valence-electron chi connectivity index (χ0n) is 10.2. The molecule has 0 aromatic heterocycles. The maximum atomic E-state index is 13.2. The largest absolute Gasteiger partial charge is 0.328 e. The van der Waals surface area contributed by atoms with Crippen molar-refractivity contribution in [3.05, 3.63) is 29.6 Å². The van der Waals surface area contributed by atoms with Crippen LogP contribution in [0.3, 0.4) is 0 Å². The van der Waals surface area contributed by atoms with E-state index in [1.54, 1.807) is 17.8 Å². The lowest BCUT2D eigenvalue weighted by atomic mass is 10.1. The molecule has 0 spiro atoms. The van der Waals surface area contributed by atoms with Gasteiger partial charge in [-0.1, -0.05) is 13.8 Å². The molecule has 0 aliphatic heterocycles. The Labute approximate surface area is 102 Å². The van der Waals surface area contributed by atoms with E-state index >= 15 is 0 Å². The molecule has 2 atom stereocenters. The minimum atomic E-state index is -0.177. The molecular formula is C13H20FNS. The predicted molar refractivity (Wildman–Crippen MR) is 69.4 cm³/mol. The molecule has 0 saturated heterocycles. The van der Waals surface area contributed by atoms with E-state index in [1.807, 2.05) is 13.0 Å². The van der Waals surface area contributed by atoms with Crippen molar-refractivity contribution < 1.29 is 4.39 Å². The monoisotopic (exact) mass is 241 g/mol. The lowest BCUT2D eigenvalue weighted by molar-refractivity contribution is 0.620.